The van der Waals surface area contributed by atoms with E-state index in [1.165, 1.54) is 83.5 Å². The van der Waals surface area contributed by atoms with Crippen LogP contribution in [-0.2, 0) is 9.09 Å². The SMILES string of the molecule is CCCCCCCCCCCCCCCCOP(=O)(N(C)C)N(C)C. The molecule has 152 valence electrons. The molecule has 0 unspecified atom stereocenters. The van der Waals surface area contributed by atoms with Gasteiger partial charge in [0.15, 0.2) is 0 Å². The molecule has 5 heteroatoms. The molecule has 0 atom stereocenters. The zero-order valence-corrected chi connectivity index (χ0v) is 18.7. The number of hydrogen-bond donors (Lipinski definition) is 0. The Morgan fingerprint density at radius 1 is 0.600 bits per heavy atom. The van der Waals surface area contributed by atoms with Crippen LogP contribution >= 0.6 is 7.67 Å². The van der Waals surface area contributed by atoms with Crippen LogP contribution < -0.4 is 0 Å². The van der Waals surface area contributed by atoms with Gasteiger partial charge < -0.3 is 4.52 Å². The molecule has 0 aliphatic carbocycles. The molecular formula is C20H45N2O2P. The summed E-state index contributed by atoms with van der Waals surface area (Å²) < 4.78 is 21.6. The van der Waals surface area contributed by atoms with E-state index in [1.807, 2.05) is 28.2 Å². The molecule has 0 saturated heterocycles. The normalized spacial score (nSPS) is 12.4. The Labute approximate surface area is 158 Å². The van der Waals surface area contributed by atoms with Gasteiger partial charge in [-0.2, -0.15) is 0 Å². The Kier molecular flexibility index (Phi) is 16.4. The molecule has 0 radical (unpaired) electrons. The van der Waals surface area contributed by atoms with Gasteiger partial charge in [0, 0.05) is 0 Å². The molecule has 25 heavy (non-hydrogen) atoms. The smallest absolute Gasteiger partial charge is 0.306 e. The molecule has 0 saturated carbocycles. The largest absolute Gasteiger partial charge is 0.345 e. The van der Waals surface area contributed by atoms with E-state index in [0.29, 0.717) is 6.61 Å². The fourth-order valence-corrected chi connectivity index (χ4v) is 4.61. The lowest BCUT2D eigenvalue weighted by atomic mass is 10.0. The van der Waals surface area contributed by atoms with Crippen LogP contribution in [0.4, 0.5) is 0 Å². The van der Waals surface area contributed by atoms with Crippen molar-refractivity contribution in [3.05, 3.63) is 0 Å². The van der Waals surface area contributed by atoms with Crippen LogP contribution in [0.25, 0.3) is 0 Å². The molecule has 4 nitrogen and oxygen atoms in total. The Morgan fingerprint density at radius 2 is 0.920 bits per heavy atom. The molecule has 0 rings (SSSR count). The highest BCUT2D eigenvalue weighted by Crippen LogP contribution is 2.50. The van der Waals surface area contributed by atoms with E-state index < -0.39 is 7.67 Å². The average molecular weight is 377 g/mol. The Balaban J connectivity index is 3.35. The summed E-state index contributed by atoms with van der Waals surface area (Å²) in [6.07, 6.45) is 18.9. The average Bonchev–Trinajstić information content (AvgIpc) is 2.57. The second-order valence-electron chi connectivity index (χ2n) is 7.61. The van der Waals surface area contributed by atoms with Crippen molar-refractivity contribution in [2.45, 2.75) is 96.8 Å². The van der Waals surface area contributed by atoms with Crippen molar-refractivity contribution in [3.63, 3.8) is 0 Å². The van der Waals surface area contributed by atoms with Gasteiger partial charge in [-0.1, -0.05) is 90.4 Å². The number of hydrogen-bond acceptors (Lipinski definition) is 2. The van der Waals surface area contributed by atoms with Crippen molar-refractivity contribution in [1.29, 1.82) is 0 Å². The lowest BCUT2D eigenvalue weighted by Crippen LogP contribution is -2.23. The fraction of sp³-hybridized carbons (Fsp3) is 1.00. The van der Waals surface area contributed by atoms with Gasteiger partial charge in [0.25, 0.3) is 0 Å². The summed E-state index contributed by atoms with van der Waals surface area (Å²) in [7, 11) is 4.46. The number of unbranched alkanes of at least 4 members (excludes halogenated alkanes) is 13. The minimum Gasteiger partial charge on any atom is -0.306 e. The van der Waals surface area contributed by atoms with Gasteiger partial charge in [-0.25, -0.2) is 9.34 Å². The van der Waals surface area contributed by atoms with Crippen LogP contribution in [0, 0.1) is 0 Å². The molecule has 0 amide bonds. The summed E-state index contributed by atoms with van der Waals surface area (Å²) in [6, 6.07) is 0. The van der Waals surface area contributed by atoms with Crippen LogP contribution in [0.2, 0.25) is 0 Å². The van der Waals surface area contributed by atoms with Crippen molar-refractivity contribution < 1.29 is 9.09 Å². The maximum Gasteiger partial charge on any atom is 0.345 e. The van der Waals surface area contributed by atoms with E-state index in [0.717, 1.165) is 6.42 Å². The van der Waals surface area contributed by atoms with Gasteiger partial charge in [-0.05, 0) is 34.6 Å². The van der Waals surface area contributed by atoms with Gasteiger partial charge in [0.1, 0.15) is 0 Å². The lowest BCUT2D eigenvalue weighted by molar-refractivity contribution is 0.239. The van der Waals surface area contributed by atoms with E-state index in [2.05, 4.69) is 6.92 Å². The van der Waals surface area contributed by atoms with Gasteiger partial charge in [0.2, 0.25) is 0 Å². The van der Waals surface area contributed by atoms with E-state index in [-0.39, 0.29) is 0 Å². The molecule has 0 N–H and O–H groups in total. The Hall–Kier alpha value is 0.110. The van der Waals surface area contributed by atoms with E-state index in [4.69, 9.17) is 4.52 Å². The number of nitrogens with zero attached hydrogens (tertiary/aromatic N) is 2. The van der Waals surface area contributed by atoms with E-state index in [1.54, 1.807) is 9.34 Å². The van der Waals surface area contributed by atoms with Crippen molar-refractivity contribution in [1.82, 2.24) is 9.34 Å². The molecular weight excluding hydrogens is 331 g/mol. The van der Waals surface area contributed by atoms with Gasteiger partial charge >= 0.3 is 7.67 Å². The first kappa shape index (κ1) is 25.1. The molecule has 0 bridgehead atoms. The fourth-order valence-electron chi connectivity index (χ4n) is 3.07. The van der Waals surface area contributed by atoms with Crippen LogP contribution in [0.3, 0.4) is 0 Å². The molecule has 0 aliphatic rings. The second kappa shape index (κ2) is 16.3. The van der Waals surface area contributed by atoms with Crippen molar-refractivity contribution in [3.8, 4) is 0 Å². The van der Waals surface area contributed by atoms with Crippen LogP contribution in [0.5, 0.6) is 0 Å². The summed E-state index contributed by atoms with van der Waals surface area (Å²) in [5.74, 6) is 0. The predicted molar refractivity (Wildman–Crippen MR) is 111 cm³/mol. The molecule has 0 spiro atoms. The summed E-state index contributed by atoms with van der Waals surface area (Å²) in [6.45, 7) is 2.87. The van der Waals surface area contributed by atoms with Crippen molar-refractivity contribution >= 4 is 7.67 Å². The first-order chi connectivity index (χ1) is 11.9. The Morgan fingerprint density at radius 3 is 1.24 bits per heavy atom. The predicted octanol–water partition coefficient (Wildman–Crippen LogP) is 6.72. The molecule has 0 aromatic heterocycles. The topological polar surface area (TPSA) is 32.8 Å². The highest BCUT2D eigenvalue weighted by atomic mass is 31.2. The summed E-state index contributed by atoms with van der Waals surface area (Å²) in [5, 5.41) is 0. The standard InChI is InChI=1S/C20H45N2O2P/c1-6-7-8-9-10-11-12-13-14-15-16-17-18-19-20-24-25(23,21(2)3)22(4)5/h6-20H2,1-5H3. The highest BCUT2D eigenvalue weighted by Gasteiger charge is 2.28. The zero-order chi connectivity index (χ0) is 19.0. The maximum absolute atomic E-state index is 12.6. The quantitative estimate of drug-likeness (QED) is 0.196. The second-order valence-corrected chi connectivity index (χ2v) is 10.5. The molecule has 0 aromatic carbocycles. The summed E-state index contributed by atoms with van der Waals surface area (Å²) >= 11 is 0. The maximum atomic E-state index is 12.6. The van der Waals surface area contributed by atoms with Crippen LogP contribution in [0.15, 0.2) is 0 Å². The van der Waals surface area contributed by atoms with E-state index >= 15 is 0 Å². The molecule has 0 aromatic rings. The zero-order valence-electron chi connectivity index (χ0n) is 17.8. The highest BCUT2D eigenvalue weighted by molar-refractivity contribution is 7.53. The minimum absolute atomic E-state index is 0.589. The first-order valence-corrected chi connectivity index (χ1v) is 12.1. The summed E-state index contributed by atoms with van der Waals surface area (Å²) in [5.41, 5.74) is 0. The van der Waals surface area contributed by atoms with Gasteiger partial charge in [-0.3, -0.25) is 4.57 Å². The third-order valence-electron chi connectivity index (χ3n) is 4.77. The van der Waals surface area contributed by atoms with Crippen LogP contribution in [0.1, 0.15) is 96.8 Å². The lowest BCUT2D eigenvalue weighted by Gasteiger charge is -2.29. The van der Waals surface area contributed by atoms with Crippen molar-refractivity contribution in [2.24, 2.45) is 0 Å². The van der Waals surface area contributed by atoms with Gasteiger partial charge in [0.05, 0.1) is 6.61 Å². The number of rotatable bonds is 18. The third-order valence-corrected chi connectivity index (χ3v) is 7.31. The molecule has 0 aliphatic heterocycles. The Bertz CT molecular complexity index is 324. The van der Waals surface area contributed by atoms with Gasteiger partial charge in [-0.15, -0.1) is 0 Å². The van der Waals surface area contributed by atoms with Crippen molar-refractivity contribution in [2.75, 3.05) is 34.8 Å². The molecule has 0 heterocycles. The summed E-state index contributed by atoms with van der Waals surface area (Å²) in [4.78, 5) is 0. The monoisotopic (exact) mass is 376 g/mol. The molecule has 0 fully saturated rings. The van der Waals surface area contributed by atoms with E-state index in [9.17, 15) is 4.57 Å². The third kappa shape index (κ3) is 13.0. The minimum atomic E-state index is -2.78. The first-order valence-electron chi connectivity index (χ1n) is 10.5. The van der Waals surface area contributed by atoms with Crippen LogP contribution in [-0.4, -0.2) is 44.1 Å².